The van der Waals surface area contributed by atoms with Gasteiger partial charge in [-0.1, -0.05) is 36.4 Å². The summed E-state index contributed by atoms with van der Waals surface area (Å²) in [7, 11) is 0. The normalized spacial score (nSPS) is 16.3. The van der Waals surface area contributed by atoms with Gasteiger partial charge in [0.25, 0.3) is 5.91 Å². The highest BCUT2D eigenvalue weighted by Crippen LogP contribution is 2.42. The van der Waals surface area contributed by atoms with E-state index in [1.165, 1.54) is 12.1 Å². The molecule has 0 spiro atoms. The number of aromatic nitrogens is 1. The molecule has 1 unspecified atom stereocenters. The molecule has 0 N–H and O–H groups in total. The molecule has 7 heteroatoms. The van der Waals surface area contributed by atoms with Gasteiger partial charge in [0, 0.05) is 16.7 Å². The van der Waals surface area contributed by atoms with E-state index in [2.05, 4.69) is 20.5 Å². The van der Waals surface area contributed by atoms with Crippen molar-refractivity contribution < 1.29 is 14.0 Å². The fourth-order valence-corrected chi connectivity index (χ4v) is 5.44. The van der Waals surface area contributed by atoms with Crippen molar-refractivity contribution in [3.63, 3.8) is 0 Å². The summed E-state index contributed by atoms with van der Waals surface area (Å²) in [6.45, 7) is -0.0441. The molecule has 1 atom stereocenters. The van der Waals surface area contributed by atoms with Gasteiger partial charge in [0.15, 0.2) is 0 Å². The van der Waals surface area contributed by atoms with Crippen LogP contribution in [0.1, 0.15) is 40.5 Å². The largest absolute Gasteiger partial charge is 0.326 e. The summed E-state index contributed by atoms with van der Waals surface area (Å²) in [6, 6.07) is 24.8. The number of halogens is 2. The summed E-state index contributed by atoms with van der Waals surface area (Å²) in [5, 5.41) is 0. The van der Waals surface area contributed by atoms with Crippen LogP contribution in [0, 0.1) is 5.82 Å². The van der Waals surface area contributed by atoms with Crippen molar-refractivity contribution in [3.8, 4) is 5.69 Å². The lowest BCUT2D eigenvalue weighted by Crippen LogP contribution is -2.47. The molecule has 180 valence electrons. The zero-order valence-electron chi connectivity index (χ0n) is 19.4. The maximum Gasteiger partial charge on any atom is 0.255 e. The second-order valence-electron chi connectivity index (χ2n) is 9.15. The predicted octanol–water partition coefficient (Wildman–Crippen LogP) is 6.12. The number of para-hydroxylation sites is 2. The molecule has 1 saturated carbocycles. The number of carbonyl (C=O) groups is 2. The van der Waals surface area contributed by atoms with Gasteiger partial charge in [-0.15, -0.1) is 0 Å². The summed E-state index contributed by atoms with van der Waals surface area (Å²) >= 11 is 3.48. The van der Waals surface area contributed by atoms with Crippen molar-refractivity contribution in [2.24, 2.45) is 0 Å². The van der Waals surface area contributed by atoms with Crippen LogP contribution in [0.5, 0.6) is 0 Å². The number of benzene rings is 3. The molecule has 0 saturated heterocycles. The minimum Gasteiger partial charge on any atom is -0.326 e. The van der Waals surface area contributed by atoms with Crippen LogP contribution < -0.4 is 4.90 Å². The van der Waals surface area contributed by atoms with Gasteiger partial charge in [0.2, 0.25) is 5.91 Å². The average Bonchev–Trinajstić information content (AvgIpc) is 3.62. The summed E-state index contributed by atoms with van der Waals surface area (Å²) in [4.78, 5) is 31.1. The Morgan fingerprint density at radius 3 is 2.31 bits per heavy atom. The van der Waals surface area contributed by atoms with Crippen LogP contribution in [-0.4, -0.2) is 33.9 Å². The fourth-order valence-electron chi connectivity index (χ4n) is 4.99. The van der Waals surface area contributed by atoms with Crippen LogP contribution in [0.2, 0.25) is 0 Å². The van der Waals surface area contributed by atoms with Crippen molar-refractivity contribution in [2.75, 3.05) is 11.4 Å². The maximum absolute atomic E-state index is 14.1. The van der Waals surface area contributed by atoms with Gasteiger partial charge in [-0.25, -0.2) is 4.39 Å². The first-order valence-corrected chi connectivity index (χ1v) is 12.7. The standard InChI is InChI=1S/C29H23BrFN3O2/c30-23-7-2-1-6-22(23)29(36)33(21-15-16-21)18-27(35)34-25-9-4-3-8-24(25)32-17-5-10-26(32)28(34)19-11-13-20(31)14-12-19/h1-14,17,21,28H,15-16,18H2. The molecular formula is C29H23BrFN3O2. The van der Waals surface area contributed by atoms with Gasteiger partial charge < -0.3 is 9.47 Å². The van der Waals surface area contributed by atoms with Crippen molar-refractivity contribution in [1.82, 2.24) is 9.47 Å². The summed E-state index contributed by atoms with van der Waals surface area (Å²) in [5.41, 5.74) is 3.89. The van der Waals surface area contributed by atoms with Crippen molar-refractivity contribution in [2.45, 2.75) is 24.9 Å². The highest BCUT2D eigenvalue weighted by molar-refractivity contribution is 9.10. The average molecular weight is 544 g/mol. The third-order valence-electron chi connectivity index (χ3n) is 6.83. The minimum atomic E-state index is -0.456. The zero-order valence-corrected chi connectivity index (χ0v) is 20.9. The number of nitrogens with zero attached hydrogens (tertiary/aromatic N) is 3. The molecule has 1 aliphatic heterocycles. The Kier molecular flexibility index (Phi) is 5.72. The van der Waals surface area contributed by atoms with Gasteiger partial charge in [0.05, 0.1) is 22.6 Å². The summed E-state index contributed by atoms with van der Waals surface area (Å²) < 4.78 is 16.6. The van der Waals surface area contributed by atoms with Gasteiger partial charge in [-0.3, -0.25) is 14.5 Å². The molecule has 4 aromatic rings. The predicted molar refractivity (Wildman–Crippen MR) is 140 cm³/mol. The second kappa shape index (κ2) is 9.06. The Balaban J connectivity index is 1.42. The van der Waals surface area contributed by atoms with Crippen LogP contribution in [0.3, 0.4) is 0 Å². The summed E-state index contributed by atoms with van der Waals surface area (Å²) in [5.74, 6) is -0.677. The fraction of sp³-hybridized carbons (Fsp3) is 0.172. The van der Waals surface area contributed by atoms with E-state index >= 15 is 0 Å². The Morgan fingerprint density at radius 1 is 0.889 bits per heavy atom. The Hall–Kier alpha value is -3.71. The third-order valence-corrected chi connectivity index (χ3v) is 7.52. The van der Waals surface area contributed by atoms with Crippen LogP contribution in [0.4, 0.5) is 10.1 Å². The SMILES string of the molecule is O=C(c1ccccc1Br)N(CC(=O)N1c2ccccc2-n2cccc2C1c1ccc(F)cc1)C1CC1. The first kappa shape index (κ1) is 22.7. The first-order valence-electron chi connectivity index (χ1n) is 11.9. The summed E-state index contributed by atoms with van der Waals surface area (Å²) in [6.07, 6.45) is 3.73. The number of hydrogen-bond donors (Lipinski definition) is 0. The molecule has 1 aliphatic carbocycles. The Bertz CT molecular complexity index is 1460. The molecule has 0 bridgehead atoms. The number of carbonyl (C=O) groups excluding carboxylic acids is 2. The zero-order chi connectivity index (χ0) is 24.8. The van der Waals surface area contributed by atoms with Crippen LogP contribution in [0.15, 0.2) is 95.6 Å². The molecule has 5 nitrogen and oxygen atoms in total. The highest BCUT2D eigenvalue weighted by Gasteiger charge is 2.40. The molecule has 0 radical (unpaired) electrons. The van der Waals surface area contributed by atoms with E-state index in [-0.39, 0.29) is 30.2 Å². The number of fused-ring (bicyclic) bond motifs is 3. The number of anilines is 1. The lowest BCUT2D eigenvalue weighted by atomic mass is 9.97. The van der Waals surface area contributed by atoms with Crippen molar-refractivity contribution in [1.29, 1.82) is 0 Å². The lowest BCUT2D eigenvalue weighted by molar-refractivity contribution is -0.119. The Morgan fingerprint density at radius 2 is 1.58 bits per heavy atom. The molecule has 1 aromatic heterocycles. The van der Waals surface area contributed by atoms with E-state index < -0.39 is 6.04 Å². The molecule has 2 aliphatic rings. The van der Waals surface area contributed by atoms with Gasteiger partial charge >= 0.3 is 0 Å². The molecule has 2 amide bonds. The third kappa shape index (κ3) is 3.93. The molecule has 1 fully saturated rings. The van der Waals surface area contributed by atoms with Crippen LogP contribution >= 0.6 is 15.9 Å². The highest BCUT2D eigenvalue weighted by atomic mass is 79.9. The van der Waals surface area contributed by atoms with E-state index in [9.17, 15) is 14.0 Å². The van der Waals surface area contributed by atoms with E-state index in [0.717, 1.165) is 35.5 Å². The number of amides is 2. The second-order valence-corrected chi connectivity index (χ2v) is 10.0. The molecule has 6 rings (SSSR count). The topological polar surface area (TPSA) is 45.6 Å². The Labute approximate surface area is 216 Å². The van der Waals surface area contributed by atoms with E-state index in [1.807, 2.05) is 60.8 Å². The van der Waals surface area contributed by atoms with E-state index in [1.54, 1.807) is 28.0 Å². The smallest absolute Gasteiger partial charge is 0.255 e. The number of hydrogen-bond acceptors (Lipinski definition) is 2. The first-order chi connectivity index (χ1) is 17.5. The number of rotatable bonds is 5. The van der Waals surface area contributed by atoms with E-state index in [4.69, 9.17) is 0 Å². The van der Waals surface area contributed by atoms with Gasteiger partial charge in [0.1, 0.15) is 18.4 Å². The van der Waals surface area contributed by atoms with E-state index in [0.29, 0.717) is 10.0 Å². The maximum atomic E-state index is 14.1. The molecule has 36 heavy (non-hydrogen) atoms. The van der Waals surface area contributed by atoms with Crippen molar-refractivity contribution >= 4 is 33.4 Å². The molecular weight excluding hydrogens is 521 g/mol. The van der Waals surface area contributed by atoms with Crippen LogP contribution in [0.25, 0.3) is 5.69 Å². The molecule has 3 aromatic carbocycles. The van der Waals surface area contributed by atoms with Crippen LogP contribution in [-0.2, 0) is 4.79 Å². The van der Waals surface area contributed by atoms with Gasteiger partial charge in [-0.2, -0.15) is 0 Å². The lowest BCUT2D eigenvalue weighted by Gasteiger charge is -2.39. The minimum absolute atomic E-state index is 0.0433. The van der Waals surface area contributed by atoms with Crippen molar-refractivity contribution in [3.05, 3.63) is 118 Å². The monoisotopic (exact) mass is 543 g/mol. The van der Waals surface area contributed by atoms with Gasteiger partial charge in [-0.05, 0) is 82.9 Å². The molecule has 2 heterocycles. The quantitative estimate of drug-likeness (QED) is 0.304.